The number of pyridine rings is 1. The minimum Gasteiger partial charge on any atom is -0.402 e. The predicted octanol–water partition coefficient (Wildman–Crippen LogP) is 4.60. The number of amides is 1. The van der Waals surface area contributed by atoms with E-state index in [1.54, 1.807) is 11.0 Å². The van der Waals surface area contributed by atoms with E-state index in [-0.39, 0.29) is 29.4 Å². The van der Waals surface area contributed by atoms with Crippen LogP contribution in [0, 0.1) is 0 Å². The molecule has 2 aromatic heterocycles. The van der Waals surface area contributed by atoms with Crippen LogP contribution in [0.25, 0.3) is 11.6 Å². The van der Waals surface area contributed by atoms with Crippen LogP contribution in [-0.4, -0.2) is 58.8 Å². The van der Waals surface area contributed by atoms with Gasteiger partial charge in [-0.1, -0.05) is 53.6 Å². The smallest absolute Gasteiger partial charge is 0.402 e. The molecule has 41 heavy (non-hydrogen) atoms. The molecule has 0 spiro atoms. The lowest BCUT2D eigenvalue weighted by atomic mass is 10.0. The molecule has 2 aliphatic rings. The number of benzene rings is 2. The van der Waals surface area contributed by atoms with Crippen molar-refractivity contribution in [2.75, 3.05) is 35.2 Å². The third-order valence-corrected chi connectivity index (χ3v) is 6.66. The minimum atomic E-state index is -4.58. The number of aromatic nitrogens is 3. The molecule has 0 saturated carbocycles. The quantitative estimate of drug-likeness (QED) is 0.362. The predicted molar refractivity (Wildman–Crippen MR) is 145 cm³/mol. The Morgan fingerprint density at radius 2 is 1.85 bits per heavy atom. The van der Waals surface area contributed by atoms with Gasteiger partial charge >= 0.3 is 12.2 Å². The summed E-state index contributed by atoms with van der Waals surface area (Å²) in [4.78, 5) is 23.6. The van der Waals surface area contributed by atoms with Gasteiger partial charge in [-0.25, -0.2) is 9.98 Å². The Bertz CT molecular complexity index is 1610. The molecule has 13 heteroatoms. The van der Waals surface area contributed by atoms with Gasteiger partial charge < -0.3 is 24.7 Å². The Balaban J connectivity index is 1.34. The maximum atomic E-state index is 13.5. The second-order valence-electron chi connectivity index (χ2n) is 9.55. The number of carbonyl (C=O) groups excluding carboxylic acids is 1. The van der Waals surface area contributed by atoms with Crippen LogP contribution >= 0.6 is 0 Å². The zero-order chi connectivity index (χ0) is 28.6. The van der Waals surface area contributed by atoms with Gasteiger partial charge in [0.1, 0.15) is 0 Å². The summed E-state index contributed by atoms with van der Waals surface area (Å²) < 4.78 is 51.9. The molecule has 0 unspecified atom stereocenters. The first-order valence-corrected chi connectivity index (χ1v) is 12.8. The van der Waals surface area contributed by atoms with E-state index in [2.05, 4.69) is 30.8 Å². The number of fused-ring (bicyclic) bond motifs is 1. The highest BCUT2D eigenvalue weighted by Gasteiger charge is 2.34. The second kappa shape index (κ2) is 10.7. The normalized spacial score (nSPS) is 19.2. The number of hydrogen-bond donors (Lipinski definition) is 2. The molecule has 6 rings (SSSR count). The number of alkyl halides is 3. The number of nitrogens with zero attached hydrogens (tertiary/aromatic N) is 5. The van der Waals surface area contributed by atoms with Crippen molar-refractivity contribution in [2.45, 2.75) is 25.4 Å². The number of anilines is 3. The third-order valence-electron chi connectivity index (χ3n) is 6.66. The van der Waals surface area contributed by atoms with Crippen molar-refractivity contribution in [3.05, 3.63) is 83.6 Å². The lowest BCUT2D eigenvalue weighted by Crippen LogP contribution is -2.41. The number of halogens is 3. The van der Waals surface area contributed by atoms with E-state index in [0.29, 0.717) is 31.1 Å². The van der Waals surface area contributed by atoms with E-state index in [0.717, 1.165) is 23.4 Å². The van der Waals surface area contributed by atoms with Gasteiger partial charge in [0.05, 0.1) is 35.4 Å². The fourth-order valence-corrected chi connectivity index (χ4v) is 4.73. The molecule has 2 aromatic carbocycles. The lowest BCUT2D eigenvalue weighted by molar-refractivity contribution is -0.137. The molecular weight excluding hydrogens is 539 g/mol. The highest BCUT2D eigenvalue weighted by molar-refractivity contribution is 6.19. The molecule has 0 radical (unpaired) electrons. The Hall–Kier alpha value is -4.78. The highest BCUT2D eigenvalue weighted by Crippen LogP contribution is 2.36. The van der Waals surface area contributed by atoms with Crippen molar-refractivity contribution < 1.29 is 27.1 Å². The minimum absolute atomic E-state index is 0.0823. The number of nitrogens with one attached hydrogen (secondary N) is 2. The molecule has 1 saturated heterocycles. The molecule has 1 amide bonds. The summed E-state index contributed by atoms with van der Waals surface area (Å²) in [6, 6.07) is 17.6. The zero-order valence-corrected chi connectivity index (χ0v) is 21.7. The number of morpholine rings is 1. The SMILES string of the molecule is C[C@@H]1CN(c2cc(C(F)(F)F)cnc2-c2nnc(N[C@H]3N=C(c4ccccc4)c4ccccc4NC3=O)o2)CCO1. The van der Waals surface area contributed by atoms with Gasteiger partial charge in [0, 0.05) is 30.4 Å². The molecule has 210 valence electrons. The van der Waals surface area contributed by atoms with Crippen molar-refractivity contribution in [2.24, 2.45) is 4.99 Å². The van der Waals surface area contributed by atoms with Crippen LogP contribution in [0.2, 0.25) is 0 Å². The molecule has 4 aromatic rings. The van der Waals surface area contributed by atoms with Crippen molar-refractivity contribution in [1.82, 2.24) is 15.2 Å². The second-order valence-corrected chi connectivity index (χ2v) is 9.55. The number of rotatable bonds is 5. The van der Waals surface area contributed by atoms with Crippen LogP contribution in [0.4, 0.5) is 30.6 Å². The van der Waals surface area contributed by atoms with Crippen LogP contribution in [0.5, 0.6) is 0 Å². The van der Waals surface area contributed by atoms with Crippen molar-refractivity contribution in [1.29, 1.82) is 0 Å². The Kier molecular flexibility index (Phi) is 6.87. The summed E-state index contributed by atoms with van der Waals surface area (Å²) in [5.74, 6) is -0.571. The number of para-hydroxylation sites is 1. The van der Waals surface area contributed by atoms with Crippen LogP contribution < -0.4 is 15.5 Å². The monoisotopic (exact) mass is 563 g/mol. The van der Waals surface area contributed by atoms with Crippen LogP contribution in [0.1, 0.15) is 23.6 Å². The highest BCUT2D eigenvalue weighted by atomic mass is 19.4. The zero-order valence-electron chi connectivity index (χ0n) is 21.7. The third kappa shape index (κ3) is 5.48. The Labute approximate surface area is 232 Å². The van der Waals surface area contributed by atoms with Gasteiger partial charge in [0.2, 0.25) is 6.17 Å². The summed E-state index contributed by atoms with van der Waals surface area (Å²) >= 11 is 0. The first-order chi connectivity index (χ1) is 19.8. The summed E-state index contributed by atoms with van der Waals surface area (Å²) in [5, 5.41) is 13.7. The fourth-order valence-electron chi connectivity index (χ4n) is 4.73. The van der Waals surface area contributed by atoms with E-state index < -0.39 is 23.8 Å². The van der Waals surface area contributed by atoms with Gasteiger partial charge in [-0.15, -0.1) is 5.10 Å². The maximum absolute atomic E-state index is 13.5. The van der Waals surface area contributed by atoms with Crippen LogP contribution in [-0.2, 0) is 15.7 Å². The van der Waals surface area contributed by atoms with Crippen LogP contribution in [0.3, 0.4) is 0 Å². The number of benzodiazepines with no additional fused rings is 1. The van der Waals surface area contributed by atoms with Gasteiger partial charge in [-0.3, -0.25) is 4.79 Å². The molecule has 2 aliphatic heterocycles. The van der Waals surface area contributed by atoms with Gasteiger partial charge in [0.25, 0.3) is 11.8 Å². The summed E-state index contributed by atoms with van der Waals surface area (Å²) in [6.45, 7) is 2.89. The van der Waals surface area contributed by atoms with Crippen molar-refractivity contribution in [3.63, 3.8) is 0 Å². The first-order valence-electron chi connectivity index (χ1n) is 12.8. The van der Waals surface area contributed by atoms with Crippen LogP contribution in [0.15, 0.2) is 76.3 Å². The van der Waals surface area contributed by atoms with E-state index >= 15 is 0 Å². The fraction of sp³-hybridized carbons (Fsp3) is 0.250. The lowest BCUT2D eigenvalue weighted by Gasteiger charge is -2.33. The standard InChI is InChI=1S/C28H24F3N7O3/c1-16-15-38(11-12-40-16)21-13-18(28(29,30)31)14-32-23(21)26-36-37-27(41-26)35-24-25(39)33-20-10-6-5-9-19(20)22(34-24)17-7-3-2-4-8-17/h2-10,13-14,16,24H,11-12,15H2,1H3,(H,33,39)(H,35,37)/t16-,24-/m1/s1. The average Bonchev–Trinajstić information content (AvgIpc) is 3.38. The molecule has 2 N–H and O–H groups in total. The van der Waals surface area contributed by atoms with E-state index in [1.807, 2.05) is 55.5 Å². The summed E-state index contributed by atoms with van der Waals surface area (Å²) in [5.41, 5.74) is 2.08. The van der Waals surface area contributed by atoms with Gasteiger partial charge in [-0.2, -0.15) is 13.2 Å². The van der Waals surface area contributed by atoms with Crippen molar-refractivity contribution >= 4 is 29.0 Å². The number of aliphatic imine (C=N–C) groups is 1. The Morgan fingerprint density at radius 1 is 1.07 bits per heavy atom. The Morgan fingerprint density at radius 3 is 2.63 bits per heavy atom. The molecule has 10 nitrogen and oxygen atoms in total. The summed E-state index contributed by atoms with van der Waals surface area (Å²) in [7, 11) is 0. The average molecular weight is 564 g/mol. The number of carbonyl (C=O) groups is 1. The largest absolute Gasteiger partial charge is 0.417 e. The molecule has 4 heterocycles. The van der Waals surface area contributed by atoms with E-state index in [4.69, 9.17) is 9.15 Å². The maximum Gasteiger partial charge on any atom is 0.417 e. The van der Waals surface area contributed by atoms with Gasteiger partial charge in [-0.05, 0) is 19.1 Å². The van der Waals surface area contributed by atoms with Gasteiger partial charge in [0.15, 0.2) is 5.69 Å². The topological polar surface area (TPSA) is 118 Å². The van der Waals surface area contributed by atoms with Crippen molar-refractivity contribution in [3.8, 4) is 11.6 Å². The molecule has 0 aliphatic carbocycles. The van der Waals surface area contributed by atoms with E-state index in [9.17, 15) is 18.0 Å². The molecule has 1 fully saturated rings. The molecule has 0 bridgehead atoms. The molecule has 2 atom stereocenters. The number of ether oxygens (including phenoxy) is 1. The molecular formula is C28H24F3N7O3. The first kappa shape index (κ1) is 26.4. The summed E-state index contributed by atoms with van der Waals surface area (Å²) in [6.07, 6.45) is -5.20. The number of hydrogen-bond acceptors (Lipinski definition) is 9. The van der Waals surface area contributed by atoms with E-state index in [1.165, 1.54) is 0 Å².